The molecule has 1 saturated carbocycles. The number of nitrogens with one attached hydrogen (secondary N) is 1. The fourth-order valence-corrected chi connectivity index (χ4v) is 2.84. The third-order valence-corrected chi connectivity index (χ3v) is 4.21. The molecule has 0 radical (unpaired) electrons. The Morgan fingerprint density at radius 2 is 2.11 bits per heavy atom. The summed E-state index contributed by atoms with van der Waals surface area (Å²) in [6.07, 6.45) is 8.16. The standard InChI is InChI=1S/C15H23ClN2/c1-11-9-13(14(16)17-10-11)18-12-5-4-7-15(2,3)8-6-12/h9-10,12,18H,4-8H2,1-3H3. The zero-order valence-electron chi connectivity index (χ0n) is 11.6. The molecule has 2 nitrogen and oxygen atoms in total. The first-order chi connectivity index (χ1) is 8.46. The monoisotopic (exact) mass is 266 g/mol. The Labute approximate surface area is 115 Å². The molecular weight excluding hydrogens is 244 g/mol. The van der Waals surface area contributed by atoms with Gasteiger partial charge in [-0.25, -0.2) is 4.98 Å². The SMILES string of the molecule is Cc1cnc(Cl)c(NC2CCCC(C)(C)CC2)c1. The van der Waals surface area contributed by atoms with E-state index in [2.05, 4.69) is 30.2 Å². The van der Waals surface area contributed by atoms with Gasteiger partial charge >= 0.3 is 0 Å². The van der Waals surface area contributed by atoms with Crippen LogP contribution in [0.4, 0.5) is 5.69 Å². The Balaban J connectivity index is 2.03. The average molecular weight is 267 g/mol. The fourth-order valence-electron chi connectivity index (χ4n) is 2.68. The topological polar surface area (TPSA) is 24.9 Å². The molecule has 1 aliphatic carbocycles. The molecule has 3 heteroatoms. The van der Waals surface area contributed by atoms with E-state index in [4.69, 9.17) is 11.6 Å². The van der Waals surface area contributed by atoms with Crippen LogP contribution in [-0.2, 0) is 0 Å². The van der Waals surface area contributed by atoms with Gasteiger partial charge < -0.3 is 5.32 Å². The first-order valence-corrected chi connectivity index (χ1v) is 7.23. The van der Waals surface area contributed by atoms with Crippen molar-refractivity contribution in [3.8, 4) is 0 Å². The normalized spacial score (nSPS) is 23.4. The Morgan fingerprint density at radius 3 is 2.89 bits per heavy atom. The predicted molar refractivity (Wildman–Crippen MR) is 78.3 cm³/mol. The number of hydrogen-bond acceptors (Lipinski definition) is 2. The molecule has 0 amide bonds. The van der Waals surface area contributed by atoms with Gasteiger partial charge in [-0.3, -0.25) is 0 Å². The largest absolute Gasteiger partial charge is 0.380 e. The number of hydrogen-bond donors (Lipinski definition) is 1. The molecule has 100 valence electrons. The minimum absolute atomic E-state index is 0.491. The minimum Gasteiger partial charge on any atom is -0.380 e. The van der Waals surface area contributed by atoms with Gasteiger partial charge in [0.15, 0.2) is 5.15 Å². The molecule has 0 aliphatic heterocycles. The van der Waals surface area contributed by atoms with E-state index in [1.807, 2.05) is 13.1 Å². The number of halogens is 1. The van der Waals surface area contributed by atoms with E-state index in [1.54, 1.807) is 0 Å². The van der Waals surface area contributed by atoms with Crippen molar-refractivity contribution in [1.82, 2.24) is 4.98 Å². The van der Waals surface area contributed by atoms with Crippen molar-refractivity contribution in [2.45, 2.75) is 58.9 Å². The molecule has 1 aliphatic rings. The molecule has 1 aromatic rings. The molecule has 1 aromatic heterocycles. The molecule has 2 rings (SSSR count). The van der Waals surface area contributed by atoms with E-state index in [-0.39, 0.29) is 0 Å². The molecule has 1 N–H and O–H groups in total. The van der Waals surface area contributed by atoms with E-state index in [0.29, 0.717) is 16.6 Å². The van der Waals surface area contributed by atoms with Gasteiger partial charge in [0.05, 0.1) is 5.69 Å². The van der Waals surface area contributed by atoms with Crippen LogP contribution in [0, 0.1) is 12.3 Å². The van der Waals surface area contributed by atoms with Crippen LogP contribution in [0.2, 0.25) is 5.15 Å². The summed E-state index contributed by atoms with van der Waals surface area (Å²) in [7, 11) is 0. The summed E-state index contributed by atoms with van der Waals surface area (Å²) in [5.74, 6) is 0. The van der Waals surface area contributed by atoms with Gasteiger partial charge in [0.1, 0.15) is 0 Å². The molecule has 0 spiro atoms. The molecule has 1 fully saturated rings. The van der Waals surface area contributed by atoms with Crippen LogP contribution in [0.3, 0.4) is 0 Å². The number of aryl methyl sites for hydroxylation is 1. The number of anilines is 1. The molecule has 0 aromatic carbocycles. The van der Waals surface area contributed by atoms with Gasteiger partial charge in [-0.2, -0.15) is 0 Å². The number of rotatable bonds is 2. The van der Waals surface area contributed by atoms with Crippen LogP contribution >= 0.6 is 11.6 Å². The molecule has 1 atom stereocenters. The highest BCUT2D eigenvalue weighted by Crippen LogP contribution is 2.35. The summed E-state index contributed by atoms with van der Waals surface area (Å²) >= 11 is 6.14. The van der Waals surface area contributed by atoms with Crippen molar-refractivity contribution in [1.29, 1.82) is 0 Å². The third kappa shape index (κ3) is 3.61. The van der Waals surface area contributed by atoms with Gasteiger partial charge in [-0.1, -0.05) is 31.9 Å². The zero-order chi connectivity index (χ0) is 13.2. The zero-order valence-corrected chi connectivity index (χ0v) is 12.3. The lowest BCUT2D eigenvalue weighted by Gasteiger charge is -2.22. The van der Waals surface area contributed by atoms with Crippen LogP contribution in [0.15, 0.2) is 12.3 Å². The van der Waals surface area contributed by atoms with E-state index < -0.39 is 0 Å². The van der Waals surface area contributed by atoms with E-state index >= 15 is 0 Å². The smallest absolute Gasteiger partial charge is 0.152 e. The predicted octanol–water partition coefficient (Wildman–Crippen LogP) is 4.81. The molecular formula is C15H23ClN2. The molecule has 18 heavy (non-hydrogen) atoms. The second kappa shape index (κ2) is 5.48. The summed E-state index contributed by atoms with van der Waals surface area (Å²) < 4.78 is 0. The second-order valence-electron chi connectivity index (χ2n) is 6.29. The number of aromatic nitrogens is 1. The first kappa shape index (κ1) is 13.7. The van der Waals surface area contributed by atoms with Gasteiger partial charge in [0.25, 0.3) is 0 Å². The highest BCUT2D eigenvalue weighted by Gasteiger charge is 2.24. The van der Waals surface area contributed by atoms with E-state index in [9.17, 15) is 0 Å². The van der Waals surface area contributed by atoms with Crippen LogP contribution in [-0.4, -0.2) is 11.0 Å². The van der Waals surface area contributed by atoms with Gasteiger partial charge in [-0.05, 0) is 49.7 Å². The third-order valence-electron chi connectivity index (χ3n) is 3.91. The van der Waals surface area contributed by atoms with E-state index in [1.165, 1.54) is 32.1 Å². The van der Waals surface area contributed by atoms with Gasteiger partial charge in [0.2, 0.25) is 0 Å². The molecule has 1 unspecified atom stereocenters. The Bertz CT molecular complexity index is 415. The van der Waals surface area contributed by atoms with Crippen molar-refractivity contribution >= 4 is 17.3 Å². The molecule has 1 heterocycles. The average Bonchev–Trinajstić information content (AvgIpc) is 2.46. The summed E-state index contributed by atoms with van der Waals surface area (Å²) in [5.41, 5.74) is 2.63. The lowest BCUT2D eigenvalue weighted by molar-refractivity contribution is 0.313. The number of pyridine rings is 1. The maximum Gasteiger partial charge on any atom is 0.152 e. The van der Waals surface area contributed by atoms with Gasteiger partial charge in [-0.15, -0.1) is 0 Å². The fraction of sp³-hybridized carbons (Fsp3) is 0.667. The van der Waals surface area contributed by atoms with Crippen LogP contribution in [0.25, 0.3) is 0 Å². The number of nitrogens with zero attached hydrogens (tertiary/aromatic N) is 1. The quantitative estimate of drug-likeness (QED) is 0.614. The second-order valence-corrected chi connectivity index (χ2v) is 6.65. The highest BCUT2D eigenvalue weighted by molar-refractivity contribution is 6.31. The van der Waals surface area contributed by atoms with E-state index in [0.717, 1.165) is 11.3 Å². The minimum atomic E-state index is 0.491. The van der Waals surface area contributed by atoms with Crippen molar-refractivity contribution in [2.75, 3.05) is 5.32 Å². The molecule has 0 bridgehead atoms. The summed E-state index contributed by atoms with van der Waals surface area (Å²) in [4.78, 5) is 4.20. The van der Waals surface area contributed by atoms with Crippen LogP contribution in [0.1, 0.15) is 51.5 Å². The molecule has 0 saturated heterocycles. The summed E-state index contributed by atoms with van der Waals surface area (Å²) in [6, 6.07) is 2.62. The maximum absolute atomic E-state index is 6.14. The van der Waals surface area contributed by atoms with Crippen LogP contribution in [0.5, 0.6) is 0 Å². The highest BCUT2D eigenvalue weighted by atomic mass is 35.5. The first-order valence-electron chi connectivity index (χ1n) is 6.85. The lowest BCUT2D eigenvalue weighted by Crippen LogP contribution is -2.19. The Morgan fingerprint density at radius 1 is 1.33 bits per heavy atom. The lowest BCUT2D eigenvalue weighted by atomic mass is 9.85. The van der Waals surface area contributed by atoms with Crippen molar-refractivity contribution < 1.29 is 0 Å². The summed E-state index contributed by atoms with van der Waals surface area (Å²) in [5, 5.41) is 4.16. The summed E-state index contributed by atoms with van der Waals surface area (Å²) in [6.45, 7) is 6.79. The van der Waals surface area contributed by atoms with Crippen molar-refractivity contribution in [3.63, 3.8) is 0 Å². The maximum atomic E-state index is 6.14. The van der Waals surface area contributed by atoms with Crippen molar-refractivity contribution in [2.24, 2.45) is 5.41 Å². The van der Waals surface area contributed by atoms with Crippen molar-refractivity contribution in [3.05, 3.63) is 23.0 Å². The van der Waals surface area contributed by atoms with Crippen LogP contribution < -0.4 is 5.32 Å². The Hall–Kier alpha value is -0.760. The Kier molecular flexibility index (Phi) is 4.16. The van der Waals surface area contributed by atoms with Gasteiger partial charge in [0, 0.05) is 12.2 Å².